The van der Waals surface area contributed by atoms with Crippen molar-refractivity contribution in [3.63, 3.8) is 0 Å². The summed E-state index contributed by atoms with van der Waals surface area (Å²) >= 11 is 5.94. The number of amides is 1. The van der Waals surface area contributed by atoms with Crippen LogP contribution >= 0.6 is 11.6 Å². The van der Waals surface area contributed by atoms with Gasteiger partial charge in [-0.3, -0.25) is 4.79 Å². The van der Waals surface area contributed by atoms with Crippen molar-refractivity contribution in [3.8, 4) is 0 Å². The van der Waals surface area contributed by atoms with Crippen molar-refractivity contribution in [2.24, 2.45) is 0 Å². The van der Waals surface area contributed by atoms with Crippen molar-refractivity contribution in [2.75, 3.05) is 13.2 Å². The van der Waals surface area contributed by atoms with Crippen LogP contribution in [0.5, 0.6) is 0 Å². The molecule has 0 spiro atoms. The van der Waals surface area contributed by atoms with E-state index in [0.717, 1.165) is 5.56 Å². The summed E-state index contributed by atoms with van der Waals surface area (Å²) in [5.41, 5.74) is 1.04. The third-order valence-electron chi connectivity index (χ3n) is 2.52. The van der Waals surface area contributed by atoms with Crippen LogP contribution in [0.1, 0.15) is 18.9 Å². The van der Waals surface area contributed by atoms with Gasteiger partial charge in [0.05, 0.1) is 6.61 Å². The zero-order valence-electron chi connectivity index (χ0n) is 9.97. The van der Waals surface area contributed by atoms with Crippen molar-refractivity contribution in [1.82, 2.24) is 4.90 Å². The molecule has 1 N–H and O–H groups in total. The van der Waals surface area contributed by atoms with Crippen LogP contribution in [0.3, 0.4) is 0 Å². The summed E-state index contributed by atoms with van der Waals surface area (Å²) in [6, 6.07) is 9.68. The average Bonchev–Trinajstić information content (AvgIpc) is 2.37. The van der Waals surface area contributed by atoms with Gasteiger partial charge in [-0.1, -0.05) is 37.3 Å². The minimum Gasteiger partial charge on any atom is -0.395 e. The number of rotatable bonds is 6. The fourth-order valence-corrected chi connectivity index (χ4v) is 1.70. The molecule has 0 bridgehead atoms. The first-order valence-electron chi connectivity index (χ1n) is 5.76. The number of aliphatic hydroxyl groups excluding tert-OH is 1. The van der Waals surface area contributed by atoms with Crippen molar-refractivity contribution < 1.29 is 9.90 Å². The van der Waals surface area contributed by atoms with Crippen LogP contribution in [0.4, 0.5) is 0 Å². The average molecular weight is 256 g/mol. The van der Waals surface area contributed by atoms with Gasteiger partial charge in [-0.15, -0.1) is 11.6 Å². The number of hydrogen-bond donors (Lipinski definition) is 1. The number of aliphatic hydroxyl groups is 1. The van der Waals surface area contributed by atoms with Gasteiger partial charge in [0.15, 0.2) is 0 Å². The molecule has 94 valence electrons. The normalized spacial score (nSPS) is 12.2. The summed E-state index contributed by atoms with van der Waals surface area (Å²) < 4.78 is 0. The predicted octanol–water partition coefficient (Wildman–Crippen LogP) is 2.02. The fourth-order valence-electron chi connectivity index (χ4n) is 1.56. The zero-order chi connectivity index (χ0) is 12.7. The van der Waals surface area contributed by atoms with E-state index < -0.39 is 5.38 Å². The van der Waals surface area contributed by atoms with E-state index in [-0.39, 0.29) is 12.5 Å². The molecule has 0 radical (unpaired) electrons. The molecule has 0 saturated carbocycles. The number of halogens is 1. The molecule has 4 heteroatoms. The van der Waals surface area contributed by atoms with Gasteiger partial charge in [0.25, 0.3) is 0 Å². The second kappa shape index (κ2) is 7.30. The van der Waals surface area contributed by atoms with E-state index >= 15 is 0 Å². The maximum absolute atomic E-state index is 12.0. The Hall–Kier alpha value is -1.06. The number of alkyl halides is 1. The predicted molar refractivity (Wildman–Crippen MR) is 68.9 cm³/mol. The molecule has 0 heterocycles. The Balaban J connectivity index is 2.69. The van der Waals surface area contributed by atoms with Crippen molar-refractivity contribution in [1.29, 1.82) is 0 Å². The molecule has 1 rings (SSSR count). The standard InChI is InChI=1S/C13H18ClNO2/c1-2-12(14)13(17)15(8-9-16)10-11-6-4-3-5-7-11/h3-7,12,16H,2,8-10H2,1H3. The lowest BCUT2D eigenvalue weighted by molar-refractivity contribution is -0.132. The van der Waals surface area contributed by atoms with Gasteiger partial charge in [0, 0.05) is 13.1 Å². The molecule has 0 aromatic heterocycles. The van der Waals surface area contributed by atoms with Crippen LogP contribution in [0.2, 0.25) is 0 Å². The third-order valence-corrected chi connectivity index (χ3v) is 3.02. The Bertz CT molecular complexity index is 343. The summed E-state index contributed by atoms with van der Waals surface area (Å²) in [7, 11) is 0. The molecular formula is C13H18ClNO2. The first-order valence-corrected chi connectivity index (χ1v) is 6.20. The molecule has 1 unspecified atom stereocenters. The maximum atomic E-state index is 12.0. The topological polar surface area (TPSA) is 40.5 Å². The van der Waals surface area contributed by atoms with Crippen molar-refractivity contribution in [3.05, 3.63) is 35.9 Å². The van der Waals surface area contributed by atoms with Crippen LogP contribution in [-0.4, -0.2) is 34.4 Å². The molecule has 1 amide bonds. The summed E-state index contributed by atoms with van der Waals surface area (Å²) in [5, 5.41) is 8.47. The molecule has 0 fully saturated rings. The molecular weight excluding hydrogens is 238 g/mol. The minimum absolute atomic E-state index is 0.0497. The summed E-state index contributed by atoms with van der Waals surface area (Å²) in [4.78, 5) is 13.5. The highest BCUT2D eigenvalue weighted by atomic mass is 35.5. The van der Waals surface area contributed by atoms with Crippen molar-refractivity contribution in [2.45, 2.75) is 25.3 Å². The SMILES string of the molecule is CCC(Cl)C(=O)N(CCO)Cc1ccccc1. The monoisotopic (exact) mass is 255 g/mol. The van der Waals surface area contributed by atoms with E-state index in [4.69, 9.17) is 16.7 Å². The largest absolute Gasteiger partial charge is 0.395 e. The Kier molecular flexibility index (Phi) is 6.01. The molecule has 0 saturated heterocycles. The Morgan fingerprint density at radius 2 is 2.06 bits per heavy atom. The Labute approximate surface area is 107 Å². The van der Waals surface area contributed by atoms with E-state index in [9.17, 15) is 4.79 Å². The van der Waals surface area contributed by atoms with Crippen LogP contribution in [0.15, 0.2) is 30.3 Å². The number of carbonyl (C=O) groups excluding carboxylic acids is 1. The number of nitrogens with zero attached hydrogens (tertiary/aromatic N) is 1. The highest BCUT2D eigenvalue weighted by molar-refractivity contribution is 6.30. The molecule has 17 heavy (non-hydrogen) atoms. The van der Waals surface area contributed by atoms with E-state index in [2.05, 4.69) is 0 Å². The smallest absolute Gasteiger partial charge is 0.240 e. The Morgan fingerprint density at radius 1 is 1.41 bits per heavy atom. The molecule has 1 atom stereocenters. The van der Waals surface area contributed by atoms with Gasteiger partial charge in [0.2, 0.25) is 5.91 Å². The highest BCUT2D eigenvalue weighted by Crippen LogP contribution is 2.10. The summed E-state index contributed by atoms with van der Waals surface area (Å²) in [6.07, 6.45) is 0.594. The van der Waals surface area contributed by atoms with Crippen LogP contribution < -0.4 is 0 Å². The second-order valence-electron chi connectivity index (χ2n) is 3.84. The Morgan fingerprint density at radius 3 is 2.59 bits per heavy atom. The van der Waals surface area contributed by atoms with Gasteiger partial charge in [-0.05, 0) is 12.0 Å². The molecule has 1 aromatic rings. The van der Waals surface area contributed by atoms with Crippen molar-refractivity contribution >= 4 is 17.5 Å². The summed E-state index contributed by atoms with van der Waals surface area (Å²) in [5.74, 6) is -0.118. The lowest BCUT2D eigenvalue weighted by Gasteiger charge is -2.23. The van der Waals surface area contributed by atoms with E-state index in [0.29, 0.717) is 19.5 Å². The molecule has 0 aliphatic rings. The van der Waals surface area contributed by atoms with E-state index in [1.165, 1.54) is 0 Å². The molecule has 0 aliphatic heterocycles. The van der Waals surface area contributed by atoms with Gasteiger partial charge >= 0.3 is 0 Å². The van der Waals surface area contributed by atoms with Gasteiger partial charge in [0.1, 0.15) is 5.38 Å². The molecule has 0 aliphatic carbocycles. The number of carbonyl (C=O) groups is 1. The lowest BCUT2D eigenvalue weighted by atomic mass is 10.2. The maximum Gasteiger partial charge on any atom is 0.240 e. The fraction of sp³-hybridized carbons (Fsp3) is 0.462. The second-order valence-corrected chi connectivity index (χ2v) is 4.37. The quantitative estimate of drug-likeness (QED) is 0.791. The number of hydrogen-bond acceptors (Lipinski definition) is 2. The van der Waals surface area contributed by atoms with Crippen LogP contribution in [-0.2, 0) is 11.3 Å². The lowest BCUT2D eigenvalue weighted by Crippen LogP contribution is -2.38. The minimum atomic E-state index is -0.509. The number of benzene rings is 1. The van der Waals surface area contributed by atoms with Crippen LogP contribution in [0.25, 0.3) is 0 Å². The van der Waals surface area contributed by atoms with Gasteiger partial charge < -0.3 is 10.0 Å². The zero-order valence-corrected chi connectivity index (χ0v) is 10.7. The van der Waals surface area contributed by atoms with E-state index in [1.807, 2.05) is 37.3 Å². The summed E-state index contributed by atoms with van der Waals surface area (Å²) in [6.45, 7) is 2.63. The van der Waals surface area contributed by atoms with Gasteiger partial charge in [-0.25, -0.2) is 0 Å². The first-order chi connectivity index (χ1) is 8.19. The van der Waals surface area contributed by atoms with Gasteiger partial charge in [-0.2, -0.15) is 0 Å². The first kappa shape index (κ1) is 14.0. The molecule has 3 nitrogen and oxygen atoms in total. The third kappa shape index (κ3) is 4.36. The van der Waals surface area contributed by atoms with E-state index in [1.54, 1.807) is 4.90 Å². The van der Waals surface area contributed by atoms with Crippen LogP contribution in [0, 0.1) is 0 Å². The highest BCUT2D eigenvalue weighted by Gasteiger charge is 2.20. The molecule has 1 aromatic carbocycles.